The molecule has 1 unspecified atom stereocenters. The van der Waals surface area contributed by atoms with E-state index in [2.05, 4.69) is 22.1 Å². The van der Waals surface area contributed by atoms with Crippen LogP contribution in [0.3, 0.4) is 0 Å². The number of hydrogen-bond donors (Lipinski definition) is 2. The van der Waals surface area contributed by atoms with Gasteiger partial charge in [-0.25, -0.2) is 0 Å². The molecular formula is C16H21N3O. The third-order valence-corrected chi connectivity index (χ3v) is 3.94. The van der Waals surface area contributed by atoms with E-state index in [-0.39, 0.29) is 11.9 Å². The highest BCUT2D eigenvalue weighted by molar-refractivity contribution is 6.05. The van der Waals surface area contributed by atoms with Crippen molar-refractivity contribution in [2.75, 3.05) is 19.6 Å². The lowest BCUT2D eigenvalue weighted by Gasteiger charge is -2.21. The van der Waals surface area contributed by atoms with Gasteiger partial charge < -0.3 is 15.2 Å². The van der Waals surface area contributed by atoms with E-state index >= 15 is 0 Å². The largest absolute Gasteiger partial charge is 0.361 e. The van der Waals surface area contributed by atoms with Gasteiger partial charge in [0, 0.05) is 24.2 Å². The molecule has 0 saturated carbocycles. The molecule has 4 heteroatoms. The van der Waals surface area contributed by atoms with Gasteiger partial charge in [0.05, 0.1) is 11.1 Å². The second-order valence-electron chi connectivity index (χ2n) is 5.63. The summed E-state index contributed by atoms with van der Waals surface area (Å²) in [7, 11) is 0. The molecule has 20 heavy (non-hydrogen) atoms. The van der Waals surface area contributed by atoms with Crippen molar-refractivity contribution in [3.8, 4) is 0 Å². The standard InChI is InChI=1S/C16H21N3O/c1-12(11-19-9-2-3-10-19)18-16(20)14-6-4-5-13-7-8-17-15(13)14/h4-8,12,17H,2-3,9-11H2,1H3,(H,18,20). The number of benzene rings is 1. The van der Waals surface area contributed by atoms with E-state index in [0.29, 0.717) is 0 Å². The number of aromatic nitrogens is 1. The molecule has 1 saturated heterocycles. The number of fused-ring (bicyclic) bond motifs is 1. The number of para-hydroxylation sites is 1. The Morgan fingerprint density at radius 1 is 1.35 bits per heavy atom. The Balaban J connectivity index is 1.67. The molecule has 2 aromatic rings. The SMILES string of the molecule is CC(CN1CCCC1)NC(=O)c1cccc2cc[nH]c12. The summed E-state index contributed by atoms with van der Waals surface area (Å²) in [6.07, 6.45) is 4.43. The Labute approximate surface area is 119 Å². The second kappa shape index (κ2) is 5.67. The Kier molecular flexibility index (Phi) is 3.74. The van der Waals surface area contributed by atoms with E-state index in [1.807, 2.05) is 30.5 Å². The van der Waals surface area contributed by atoms with Crippen molar-refractivity contribution in [2.45, 2.75) is 25.8 Å². The number of rotatable bonds is 4. The molecule has 2 heterocycles. The van der Waals surface area contributed by atoms with Crippen LogP contribution in [-0.2, 0) is 0 Å². The number of hydrogen-bond acceptors (Lipinski definition) is 2. The smallest absolute Gasteiger partial charge is 0.253 e. The molecule has 1 aromatic heterocycles. The van der Waals surface area contributed by atoms with Crippen molar-refractivity contribution < 1.29 is 4.79 Å². The van der Waals surface area contributed by atoms with Crippen LogP contribution in [0.25, 0.3) is 10.9 Å². The average molecular weight is 271 g/mol. The summed E-state index contributed by atoms with van der Waals surface area (Å²) in [5.41, 5.74) is 1.64. The van der Waals surface area contributed by atoms with Crippen LogP contribution < -0.4 is 5.32 Å². The molecule has 0 bridgehead atoms. The third-order valence-electron chi connectivity index (χ3n) is 3.94. The zero-order valence-electron chi connectivity index (χ0n) is 11.9. The fourth-order valence-corrected chi connectivity index (χ4v) is 2.97. The van der Waals surface area contributed by atoms with Gasteiger partial charge in [-0.05, 0) is 45.0 Å². The van der Waals surface area contributed by atoms with Crippen LogP contribution in [0.1, 0.15) is 30.1 Å². The van der Waals surface area contributed by atoms with Gasteiger partial charge in [-0.1, -0.05) is 12.1 Å². The van der Waals surface area contributed by atoms with Crippen molar-refractivity contribution in [3.63, 3.8) is 0 Å². The lowest BCUT2D eigenvalue weighted by atomic mass is 10.1. The van der Waals surface area contributed by atoms with Gasteiger partial charge in [0.2, 0.25) is 0 Å². The van der Waals surface area contributed by atoms with Crippen LogP contribution >= 0.6 is 0 Å². The predicted molar refractivity (Wildman–Crippen MR) is 80.9 cm³/mol. The highest BCUT2D eigenvalue weighted by Gasteiger charge is 2.17. The minimum atomic E-state index is 0.00440. The zero-order valence-corrected chi connectivity index (χ0v) is 11.9. The fraction of sp³-hybridized carbons (Fsp3) is 0.438. The number of aromatic amines is 1. The quantitative estimate of drug-likeness (QED) is 0.897. The van der Waals surface area contributed by atoms with Gasteiger partial charge in [-0.3, -0.25) is 4.79 Å². The van der Waals surface area contributed by atoms with Gasteiger partial charge in [-0.15, -0.1) is 0 Å². The van der Waals surface area contributed by atoms with Crippen LogP contribution in [-0.4, -0.2) is 41.5 Å². The van der Waals surface area contributed by atoms with Gasteiger partial charge >= 0.3 is 0 Å². The van der Waals surface area contributed by atoms with Crippen LogP contribution in [0.2, 0.25) is 0 Å². The van der Waals surface area contributed by atoms with E-state index in [4.69, 9.17) is 0 Å². The van der Waals surface area contributed by atoms with E-state index in [1.165, 1.54) is 12.8 Å². The van der Waals surface area contributed by atoms with Crippen LogP contribution in [0.4, 0.5) is 0 Å². The number of nitrogens with one attached hydrogen (secondary N) is 2. The topological polar surface area (TPSA) is 48.1 Å². The lowest BCUT2D eigenvalue weighted by Crippen LogP contribution is -2.41. The molecule has 1 atom stereocenters. The van der Waals surface area contributed by atoms with Crippen molar-refractivity contribution >= 4 is 16.8 Å². The number of nitrogens with zero attached hydrogens (tertiary/aromatic N) is 1. The molecule has 1 aromatic carbocycles. The normalized spacial score (nSPS) is 17.4. The third kappa shape index (κ3) is 2.70. The first-order valence-electron chi connectivity index (χ1n) is 7.33. The summed E-state index contributed by atoms with van der Waals surface area (Å²) in [5, 5.41) is 4.18. The van der Waals surface area contributed by atoms with Crippen molar-refractivity contribution in [1.29, 1.82) is 0 Å². The number of carbonyl (C=O) groups is 1. The summed E-state index contributed by atoms with van der Waals surface area (Å²) in [6, 6.07) is 7.97. The Bertz CT molecular complexity index is 599. The molecule has 2 N–H and O–H groups in total. The summed E-state index contributed by atoms with van der Waals surface area (Å²) in [6.45, 7) is 5.33. The van der Waals surface area contributed by atoms with E-state index in [1.54, 1.807) is 0 Å². The molecular weight excluding hydrogens is 250 g/mol. The average Bonchev–Trinajstić information content (AvgIpc) is 3.08. The molecule has 106 valence electrons. The fourth-order valence-electron chi connectivity index (χ4n) is 2.97. The Hall–Kier alpha value is -1.81. The Morgan fingerprint density at radius 3 is 2.95 bits per heavy atom. The number of H-pyrrole nitrogens is 1. The number of likely N-dealkylation sites (tertiary alicyclic amines) is 1. The zero-order chi connectivity index (χ0) is 13.9. The summed E-state index contributed by atoms with van der Waals surface area (Å²) in [4.78, 5) is 18.0. The number of carbonyl (C=O) groups excluding carboxylic acids is 1. The summed E-state index contributed by atoms with van der Waals surface area (Å²) in [5.74, 6) is 0.00440. The first-order valence-corrected chi connectivity index (χ1v) is 7.33. The molecule has 1 aliphatic heterocycles. The molecule has 1 aliphatic rings. The maximum absolute atomic E-state index is 12.4. The number of amides is 1. The van der Waals surface area contributed by atoms with E-state index < -0.39 is 0 Å². The molecule has 0 aliphatic carbocycles. The molecule has 3 rings (SSSR count). The van der Waals surface area contributed by atoms with Crippen LogP contribution in [0.15, 0.2) is 30.5 Å². The minimum Gasteiger partial charge on any atom is -0.361 e. The Morgan fingerprint density at radius 2 is 2.15 bits per heavy atom. The monoisotopic (exact) mass is 271 g/mol. The van der Waals surface area contributed by atoms with Gasteiger partial charge in [0.15, 0.2) is 0 Å². The van der Waals surface area contributed by atoms with Gasteiger partial charge in [0.1, 0.15) is 0 Å². The minimum absolute atomic E-state index is 0.00440. The highest BCUT2D eigenvalue weighted by atomic mass is 16.1. The van der Waals surface area contributed by atoms with Crippen LogP contribution in [0, 0.1) is 0 Å². The molecule has 0 radical (unpaired) electrons. The summed E-state index contributed by atoms with van der Waals surface area (Å²) < 4.78 is 0. The molecule has 0 spiro atoms. The molecule has 1 fully saturated rings. The van der Waals surface area contributed by atoms with E-state index in [0.717, 1.165) is 36.1 Å². The second-order valence-corrected chi connectivity index (χ2v) is 5.63. The summed E-state index contributed by atoms with van der Waals surface area (Å²) >= 11 is 0. The van der Waals surface area contributed by atoms with Crippen molar-refractivity contribution in [1.82, 2.24) is 15.2 Å². The molecule has 4 nitrogen and oxygen atoms in total. The molecule has 1 amide bonds. The highest BCUT2D eigenvalue weighted by Crippen LogP contribution is 2.17. The van der Waals surface area contributed by atoms with E-state index in [9.17, 15) is 4.79 Å². The van der Waals surface area contributed by atoms with Crippen molar-refractivity contribution in [2.24, 2.45) is 0 Å². The van der Waals surface area contributed by atoms with Crippen molar-refractivity contribution in [3.05, 3.63) is 36.0 Å². The van der Waals surface area contributed by atoms with Gasteiger partial charge in [0.25, 0.3) is 5.91 Å². The first kappa shape index (κ1) is 13.2. The van der Waals surface area contributed by atoms with Gasteiger partial charge in [-0.2, -0.15) is 0 Å². The lowest BCUT2D eigenvalue weighted by molar-refractivity contribution is 0.0933. The first-order chi connectivity index (χ1) is 9.74. The van der Waals surface area contributed by atoms with Crippen LogP contribution in [0.5, 0.6) is 0 Å². The maximum Gasteiger partial charge on any atom is 0.253 e. The predicted octanol–water partition coefficient (Wildman–Crippen LogP) is 2.38. The maximum atomic E-state index is 12.4.